The van der Waals surface area contributed by atoms with Crippen molar-refractivity contribution in [2.24, 2.45) is 0 Å². The molecule has 5 heteroatoms. The number of halogens is 2. The third-order valence-electron chi connectivity index (χ3n) is 2.80. The molecule has 2 rings (SSSR count). The molecule has 0 aromatic heterocycles. The van der Waals surface area contributed by atoms with Gasteiger partial charge in [0.05, 0.1) is 0 Å². The zero-order valence-electron chi connectivity index (χ0n) is 10.7. The first-order valence-corrected chi connectivity index (χ1v) is 5.98. The van der Waals surface area contributed by atoms with E-state index in [4.69, 9.17) is 0 Å². The van der Waals surface area contributed by atoms with Gasteiger partial charge in [0.1, 0.15) is 11.6 Å². The van der Waals surface area contributed by atoms with E-state index >= 15 is 0 Å². The first-order valence-electron chi connectivity index (χ1n) is 5.98. The van der Waals surface area contributed by atoms with E-state index in [9.17, 15) is 18.7 Å². The van der Waals surface area contributed by atoms with Crippen LogP contribution in [0.4, 0.5) is 14.5 Å². The number of benzene rings is 2. The van der Waals surface area contributed by atoms with Crippen LogP contribution in [-0.4, -0.2) is 11.1 Å². The minimum absolute atomic E-state index is 0.360. The van der Waals surface area contributed by atoms with E-state index in [0.717, 1.165) is 0 Å². The van der Waals surface area contributed by atoms with Crippen LogP contribution < -0.4 is 5.32 Å². The average Bonchev–Trinajstić information content (AvgIpc) is 2.36. The Labute approximate surface area is 114 Å². The summed E-state index contributed by atoms with van der Waals surface area (Å²) in [5.74, 6) is -2.02. The van der Waals surface area contributed by atoms with Crippen molar-refractivity contribution in [2.45, 2.75) is 13.0 Å². The summed E-state index contributed by atoms with van der Waals surface area (Å²) in [6.07, 6.45) is 0. The largest absolute Gasteiger partial charge is 0.479 e. The van der Waals surface area contributed by atoms with Crippen LogP contribution in [0.2, 0.25) is 0 Å². The molecule has 3 nitrogen and oxygen atoms in total. The van der Waals surface area contributed by atoms with Crippen LogP contribution in [-0.2, 0) is 4.79 Å². The Balaban J connectivity index is 2.30. The maximum atomic E-state index is 13.3. The molecule has 2 N–H and O–H groups in total. The highest BCUT2D eigenvalue weighted by Crippen LogP contribution is 2.22. The number of rotatable bonds is 4. The van der Waals surface area contributed by atoms with Crippen LogP contribution in [0.5, 0.6) is 0 Å². The Bertz CT molecular complexity index is 606. The highest BCUT2D eigenvalue weighted by Gasteiger charge is 2.19. The second-order valence-corrected chi connectivity index (χ2v) is 4.48. The number of hydrogen-bond acceptors (Lipinski definition) is 2. The molecule has 0 aliphatic carbocycles. The number of carboxylic acid groups (broad SMARTS) is 1. The van der Waals surface area contributed by atoms with Gasteiger partial charge in [0.2, 0.25) is 0 Å². The second-order valence-electron chi connectivity index (χ2n) is 4.48. The van der Waals surface area contributed by atoms with Gasteiger partial charge in [-0.3, -0.25) is 0 Å². The number of aliphatic carboxylic acids is 1. The van der Waals surface area contributed by atoms with E-state index in [2.05, 4.69) is 5.32 Å². The smallest absolute Gasteiger partial charge is 0.330 e. The average molecular weight is 277 g/mol. The van der Waals surface area contributed by atoms with Crippen molar-refractivity contribution in [3.8, 4) is 0 Å². The van der Waals surface area contributed by atoms with Crippen molar-refractivity contribution >= 4 is 11.7 Å². The van der Waals surface area contributed by atoms with Gasteiger partial charge in [-0.1, -0.05) is 12.1 Å². The molecule has 1 atom stereocenters. The molecule has 0 aliphatic heterocycles. The number of nitrogens with one attached hydrogen (secondary N) is 1. The summed E-state index contributed by atoms with van der Waals surface area (Å²) in [7, 11) is 0. The minimum Gasteiger partial charge on any atom is -0.479 e. The summed E-state index contributed by atoms with van der Waals surface area (Å²) in [4.78, 5) is 11.3. The van der Waals surface area contributed by atoms with Crippen LogP contribution in [0, 0.1) is 18.6 Å². The maximum absolute atomic E-state index is 13.3. The van der Waals surface area contributed by atoms with E-state index < -0.39 is 23.6 Å². The van der Waals surface area contributed by atoms with Gasteiger partial charge in [-0.05, 0) is 48.4 Å². The molecule has 0 amide bonds. The molecular weight excluding hydrogens is 264 g/mol. The molecule has 0 radical (unpaired) electrons. The molecule has 0 bridgehead atoms. The summed E-state index contributed by atoms with van der Waals surface area (Å²) in [6.45, 7) is 1.71. The monoisotopic (exact) mass is 277 g/mol. The Morgan fingerprint density at radius 1 is 1.10 bits per heavy atom. The minimum atomic E-state index is -1.13. The zero-order chi connectivity index (χ0) is 14.7. The van der Waals surface area contributed by atoms with Crippen LogP contribution in [0.15, 0.2) is 42.5 Å². The molecule has 2 aromatic carbocycles. The van der Waals surface area contributed by atoms with E-state index in [-0.39, 0.29) is 0 Å². The van der Waals surface area contributed by atoms with Crippen LogP contribution in [0.25, 0.3) is 0 Å². The number of carbonyl (C=O) groups is 1. The number of aryl methyl sites for hydroxylation is 1. The lowest BCUT2D eigenvalue weighted by Crippen LogP contribution is -2.20. The van der Waals surface area contributed by atoms with Crippen LogP contribution in [0.3, 0.4) is 0 Å². The lowest BCUT2D eigenvalue weighted by atomic mass is 10.1. The summed E-state index contributed by atoms with van der Waals surface area (Å²) in [6, 6.07) is 8.26. The first-order chi connectivity index (χ1) is 9.45. The fourth-order valence-corrected chi connectivity index (χ4v) is 1.93. The number of carboxylic acids is 1. The van der Waals surface area contributed by atoms with Gasteiger partial charge in [0, 0.05) is 5.69 Å². The van der Waals surface area contributed by atoms with Crippen molar-refractivity contribution in [1.82, 2.24) is 0 Å². The third-order valence-corrected chi connectivity index (χ3v) is 2.80. The third kappa shape index (κ3) is 3.32. The van der Waals surface area contributed by atoms with E-state index in [1.54, 1.807) is 13.0 Å². The Morgan fingerprint density at radius 3 is 2.30 bits per heavy atom. The summed E-state index contributed by atoms with van der Waals surface area (Å²) < 4.78 is 26.2. The van der Waals surface area contributed by atoms with Gasteiger partial charge < -0.3 is 10.4 Å². The maximum Gasteiger partial charge on any atom is 0.330 e. The zero-order valence-corrected chi connectivity index (χ0v) is 10.7. The first kappa shape index (κ1) is 14.0. The highest BCUT2D eigenvalue weighted by molar-refractivity contribution is 5.79. The van der Waals surface area contributed by atoms with Gasteiger partial charge >= 0.3 is 5.97 Å². The number of hydrogen-bond donors (Lipinski definition) is 2. The van der Waals surface area contributed by atoms with Gasteiger partial charge in [-0.15, -0.1) is 0 Å². The summed E-state index contributed by atoms with van der Waals surface area (Å²) in [5.41, 5.74) is 1.43. The molecule has 0 aliphatic rings. The molecule has 2 aromatic rings. The van der Waals surface area contributed by atoms with Crippen molar-refractivity contribution in [1.29, 1.82) is 0 Å². The second kappa shape index (κ2) is 5.69. The van der Waals surface area contributed by atoms with E-state index in [0.29, 0.717) is 16.8 Å². The van der Waals surface area contributed by atoms with Gasteiger partial charge in [-0.25, -0.2) is 13.6 Å². The quantitative estimate of drug-likeness (QED) is 0.899. The van der Waals surface area contributed by atoms with E-state index in [1.165, 1.54) is 36.4 Å². The van der Waals surface area contributed by atoms with Crippen molar-refractivity contribution < 1.29 is 18.7 Å². The fourth-order valence-electron chi connectivity index (χ4n) is 1.93. The predicted molar refractivity (Wildman–Crippen MR) is 71.5 cm³/mol. The molecule has 1 unspecified atom stereocenters. The Morgan fingerprint density at radius 2 is 1.75 bits per heavy atom. The predicted octanol–water partition coefficient (Wildman–Crippen LogP) is 3.51. The van der Waals surface area contributed by atoms with Crippen molar-refractivity contribution in [2.75, 3.05) is 5.32 Å². The molecule has 0 saturated carbocycles. The topological polar surface area (TPSA) is 49.3 Å². The van der Waals surface area contributed by atoms with Crippen LogP contribution >= 0.6 is 0 Å². The Kier molecular flexibility index (Phi) is 3.98. The van der Waals surface area contributed by atoms with Crippen molar-refractivity contribution in [3.05, 3.63) is 65.2 Å². The highest BCUT2D eigenvalue weighted by atomic mass is 19.1. The standard InChI is InChI=1S/C15H13F2NO2/c1-9-6-12(17)8-13(7-9)18-14(15(19)20)10-2-4-11(16)5-3-10/h2-8,14,18H,1H3,(H,19,20). The molecule has 0 saturated heterocycles. The molecule has 104 valence electrons. The molecule has 0 fully saturated rings. The molecule has 0 heterocycles. The lowest BCUT2D eigenvalue weighted by Gasteiger charge is -2.16. The summed E-state index contributed by atoms with van der Waals surface area (Å²) >= 11 is 0. The molecule has 0 spiro atoms. The fraction of sp³-hybridized carbons (Fsp3) is 0.133. The summed E-state index contributed by atoms with van der Waals surface area (Å²) in [5, 5.41) is 12.0. The lowest BCUT2D eigenvalue weighted by molar-refractivity contribution is -0.138. The Hall–Kier alpha value is -2.43. The molecule has 20 heavy (non-hydrogen) atoms. The van der Waals surface area contributed by atoms with Crippen molar-refractivity contribution in [3.63, 3.8) is 0 Å². The SMILES string of the molecule is Cc1cc(F)cc(NC(C(=O)O)c2ccc(F)cc2)c1. The van der Waals surface area contributed by atoms with Crippen LogP contribution in [0.1, 0.15) is 17.2 Å². The normalized spacial score (nSPS) is 11.9. The molecular formula is C15H13F2NO2. The number of anilines is 1. The van der Waals surface area contributed by atoms with Gasteiger partial charge in [-0.2, -0.15) is 0 Å². The van der Waals surface area contributed by atoms with Gasteiger partial charge in [0.15, 0.2) is 6.04 Å². The van der Waals surface area contributed by atoms with E-state index in [1.807, 2.05) is 0 Å². The van der Waals surface area contributed by atoms with Gasteiger partial charge in [0.25, 0.3) is 0 Å².